The van der Waals surface area contributed by atoms with Gasteiger partial charge in [-0.15, -0.1) is 0 Å². The molecule has 0 saturated carbocycles. The molecule has 0 fully saturated rings. The van der Waals surface area contributed by atoms with Gasteiger partial charge in [0.05, 0.1) is 0 Å². The van der Waals surface area contributed by atoms with E-state index in [0.717, 1.165) is 5.33 Å². The summed E-state index contributed by atoms with van der Waals surface area (Å²) in [4.78, 5) is 2.58. The van der Waals surface area contributed by atoms with Crippen LogP contribution >= 0.6 is 15.9 Å². The van der Waals surface area contributed by atoms with Gasteiger partial charge in [0, 0.05) is 5.33 Å². The van der Waals surface area contributed by atoms with Gasteiger partial charge in [0.1, 0.15) is 0 Å². The number of unbranched alkanes of at least 4 members (excludes halogenated alkanes) is 7. The van der Waals surface area contributed by atoms with E-state index in [-0.39, 0.29) is 0 Å². The second-order valence-corrected chi connectivity index (χ2v) is 5.74. The predicted octanol–water partition coefficient (Wildman–Crippen LogP) is 5.23. The molecule has 0 rings (SSSR count). The van der Waals surface area contributed by atoms with E-state index in [0.29, 0.717) is 0 Å². The highest BCUT2D eigenvalue weighted by molar-refractivity contribution is 9.09. The van der Waals surface area contributed by atoms with Crippen LogP contribution in [0.5, 0.6) is 0 Å². The van der Waals surface area contributed by atoms with E-state index in [1.54, 1.807) is 0 Å². The van der Waals surface area contributed by atoms with Gasteiger partial charge in [0.15, 0.2) is 0 Å². The summed E-state index contributed by atoms with van der Waals surface area (Å²) in [6, 6.07) is 0. The Morgan fingerprint density at radius 1 is 0.706 bits per heavy atom. The molecule has 0 spiro atoms. The van der Waals surface area contributed by atoms with Gasteiger partial charge >= 0.3 is 0 Å². The summed E-state index contributed by atoms with van der Waals surface area (Å²) in [7, 11) is 0. The maximum absolute atomic E-state index is 3.50. The Balaban J connectivity index is 3.19. The normalized spacial score (nSPS) is 11.3. The predicted molar refractivity (Wildman–Crippen MR) is 83.1 cm³/mol. The second-order valence-electron chi connectivity index (χ2n) is 4.95. The fourth-order valence-corrected chi connectivity index (χ4v) is 2.43. The molecule has 0 saturated heterocycles. The molecule has 0 heterocycles. The number of alkyl halides is 1. The lowest BCUT2D eigenvalue weighted by atomic mass is 10.1. The van der Waals surface area contributed by atoms with E-state index >= 15 is 0 Å². The molecule has 0 radical (unpaired) electrons. The largest absolute Gasteiger partial charge is 0.304 e. The lowest BCUT2D eigenvalue weighted by Gasteiger charge is -2.19. The van der Waals surface area contributed by atoms with Crippen LogP contribution in [0.3, 0.4) is 0 Å². The Hall–Kier alpha value is 0.440. The average Bonchev–Trinajstić information content (AvgIpc) is 2.36. The Kier molecular flexibility index (Phi) is 14.9. The summed E-state index contributed by atoms with van der Waals surface area (Å²) >= 11 is 3.50. The zero-order valence-corrected chi connectivity index (χ0v) is 13.6. The molecule has 0 unspecified atom stereocenters. The molecule has 0 aromatic heterocycles. The van der Waals surface area contributed by atoms with Crippen LogP contribution in [0.4, 0.5) is 0 Å². The summed E-state index contributed by atoms with van der Waals surface area (Å²) in [5.74, 6) is 0. The third-order valence-electron chi connectivity index (χ3n) is 3.38. The van der Waals surface area contributed by atoms with Crippen molar-refractivity contribution >= 4 is 15.9 Å². The van der Waals surface area contributed by atoms with E-state index in [9.17, 15) is 0 Å². The van der Waals surface area contributed by atoms with Gasteiger partial charge in [0.2, 0.25) is 0 Å². The van der Waals surface area contributed by atoms with E-state index in [2.05, 4.69) is 34.7 Å². The van der Waals surface area contributed by atoms with Gasteiger partial charge < -0.3 is 4.90 Å². The van der Waals surface area contributed by atoms with Crippen molar-refractivity contribution in [3.8, 4) is 0 Å². The molecule has 0 aromatic carbocycles. The average molecular weight is 306 g/mol. The first-order chi connectivity index (χ1) is 8.35. The Morgan fingerprint density at radius 2 is 1.24 bits per heavy atom. The van der Waals surface area contributed by atoms with Gasteiger partial charge in [-0.05, 0) is 32.5 Å². The fraction of sp³-hybridized carbons (Fsp3) is 1.00. The van der Waals surface area contributed by atoms with Gasteiger partial charge in [-0.2, -0.15) is 0 Å². The van der Waals surface area contributed by atoms with E-state index in [1.165, 1.54) is 77.4 Å². The minimum absolute atomic E-state index is 1.14. The molecule has 0 aliphatic heterocycles. The molecular weight excluding hydrogens is 274 g/mol. The molecule has 0 atom stereocenters. The van der Waals surface area contributed by atoms with Crippen molar-refractivity contribution in [3.05, 3.63) is 0 Å². The first-order valence-corrected chi connectivity index (χ1v) is 8.75. The van der Waals surface area contributed by atoms with Crippen molar-refractivity contribution in [2.75, 3.05) is 25.0 Å². The number of halogens is 1. The summed E-state index contributed by atoms with van der Waals surface area (Å²) < 4.78 is 0. The van der Waals surface area contributed by atoms with Crippen LogP contribution in [0.15, 0.2) is 0 Å². The van der Waals surface area contributed by atoms with Crippen molar-refractivity contribution in [2.24, 2.45) is 0 Å². The molecule has 1 nitrogen and oxygen atoms in total. The maximum atomic E-state index is 3.50. The fourth-order valence-electron chi connectivity index (χ4n) is 2.18. The number of nitrogens with zero attached hydrogens (tertiary/aromatic N) is 1. The van der Waals surface area contributed by atoms with Crippen LogP contribution < -0.4 is 0 Å². The Bertz CT molecular complexity index is 139. The molecule has 0 amide bonds. The highest BCUT2D eigenvalue weighted by atomic mass is 79.9. The van der Waals surface area contributed by atoms with Crippen LogP contribution in [0.1, 0.15) is 71.6 Å². The van der Waals surface area contributed by atoms with Crippen molar-refractivity contribution in [1.29, 1.82) is 0 Å². The third kappa shape index (κ3) is 12.7. The Morgan fingerprint density at radius 3 is 1.76 bits per heavy atom. The SMILES string of the molecule is CCCCCCCCCCN(CC)CCCBr. The van der Waals surface area contributed by atoms with Crippen molar-refractivity contribution in [3.63, 3.8) is 0 Å². The summed E-state index contributed by atoms with van der Waals surface area (Å²) in [6.07, 6.45) is 12.7. The molecule has 17 heavy (non-hydrogen) atoms. The standard InChI is InChI=1S/C15H32BrN/c1-3-5-6-7-8-9-10-11-14-17(4-2)15-12-13-16/h3-15H2,1-2H3. The number of hydrogen-bond acceptors (Lipinski definition) is 1. The molecule has 0 aromatic rings. The lowest BCUT2D eigenvalue weighted by molar-refractivity contribution is 0.282. The van der Waals surface area contributed by atoms with Crippen LogP contribution in [0.25, 0.3) is 0 Å². The third-order valence-corrected chi connectivity index (χ3v) is 3.94. The highest BCUT2D eigenvalue weighted by Crippen LogP contribution is 2.09. The zero-order chi connectivity index (χ0) is 12.8. The number of rotatable bonds is 13. The smallest absolute Gasteiger partial charge is 0.00434 e. The van der Waals surface area contributed by atoms with Crippen molar-refractivity contribution in [2.45, 2.75) is 71.6 Å². The van der Waals surface area contributed by atoms with Gasteiger partial charge in [-0.1, -0.05) is 74.7 Å². The summed E-state index contributed by atoms with van der Waals surface area (Å²) in [5.41, 5.74) is 0. The Labute approximate surface area is 117 Å². The first kappa shape index (κ1) is 17.4. The molecule has 0 aliphatic rings. The van der Waals surface area contributed by atoms with Crippen LogP contribution in [0, 0.1) is 0 Å². The molecule has 0 aliphatic carbocycles. The van der Waals surface area contributed by atoms with E-state index in [4.69, 9.17) is 0 Å². The van der Waals surface area contributed by atoms with Gasteiger partial charge in [0.25, 0.3) is 0 Å². The van der Waals surface area contributed by atoms with Crippen LogP contribution in [-0.2, 0) is 0 Å². The first-order valence-electron chi connectivity index (χ1n) is 7.63. The highest BCUT2D eigenvalue weighted by Gasteiger charge is 2.00. The molecule has 104 valence electrons. The van der Waals surface area contributed by atoms with Gasteiger partial charge in [-0.25, -0.2) is 0 Å². The van der Waals surface area contributed by atoms with Crippen LogP contribution in [-0.4, -0.2) is 29.9 Å². The molecular formula is C15H32BrN. The van der Waals surface area contributed by atoms with Crippen molar-refractivity contribution < 1.29 is 0 Å². The topological polar surface area (TPSA) is 3.24 Å². The van der Waals surface area contributed by atoms with E-state index < -0.39 is 0 Å². The molecule has 2 heteroatoms. The summed E-state index contributed by atoms with van der Waals surface area (Å²) in [6.45, 7) is 8.34. The second kappa shape index (κ2) is 14.5. The minimum atomic E-state index is 1.14. The maximum Gasteiger partial charge on any atom is 0.00434 e. The van der Waals surface area contributed by atoms with Crippen LogP contribution in [0.2, 0.25) is 0 Å². The lowest BCUT2D eigenvalue weighted by Crippen LogP contribution is -2.25. The van der Waals surface area contributed by atoms with Gasteiger partial charge in [-0.3, -0.25) is 0 Å². The molecule has 0 bridgehead atoms. The summed E-state index contributed by atoms with van der Waals surface area (Å²) in [5, 5.41) is 1.14. The van der Waals surface area contributed by atoms with E-state index in [1.807, 2.05) is 0 Å². The zero-order valence-electron chi connectivity index (χ0n) is 12.0. The molecule has 0 N–H and O–H groups in total. The number of hydrogen-bond donors (Lipinski definition) is 0. The minimum Gasteiger partial charge on any atom is -0.304 e. The van der Waals surface area contributed by atoms with Crippen molar-refractivity contribution in [1.82, 2.24) is 4.90 Å². The monoisotopic (exact) mass is 305 g/mol. The quantitative estimate of drug-likeness (QED) is 0.332.